The third kappa shape index (κ3) is 4.01. The summed E-state index contributed by atoms with van der Waals surface area (Å²) >= 11 is 0. The highest BCUT2D eigenvalue weighted by atomic mass is 16.6. The van der Waals surface area contributed by atoms with Crippen LogP contribution in [0.5, 0.6) is 0 Å². The number of ether oxygens (including phenoxy) is 1. The third-order valence-corrected chi connectivity index (χ3v) is 2.77. The summed E-state index contributed by atoms with van der Waals surface area (Å²) in [7, 11) is 1.32. The number of benzene rings is 1. The summed E-state index contributed by atoms with van der Waals surface area (Å²) < 4.78 is 4.88. The van der Waals surface area contributed by atoms with Gasteiger partial charge in [-0.25, -0.2) is 9.59 Å². The van der Waals surface area contributed by atoms with Gasteiger partial charge in [0.1, 0.15) is 5.56 Å². The van der Waals surface area contributed by atoms with Gasteiger partial charge in [-0.3, -0.25) is 20.2 Å². The molecule has 1 rings (SSSR count). The van der Waals surface area contributed by atoms with E-state index in [9.17, 15) is 24.5 Å². The lowest BCUT2D eigenvalue weighted by Crippen LogP contribution is -2.43. The Morgan fingerprint density at radius 2 is 1.95 bits per heavy atom. The molecular formula is C13H15N3O6. The van der Waals surface area contributed by atoms with Gasteiger partial charge in [-0.2, -0.15) is 0 Å². The number of hydrogen-bond donors (Lipinski definition) is 2. The minimum atomic E-state index is -1.29. The SMILES string of the molecule is CNC(=O)NC(=O)C(C)OC(=O)c1c(C)cccc1[N+](=O)[O-]. The van der Waals surface area contributed by atoms with Crippen LogP contribution in [0.4, 0.5) is 10.5 Å². The zero-order valence-electron chi connectivity index (χ0n) is 12.2. The summed E-state index contributed by atoms with van der Waals surface area (Å²) in [4.78, 5) is 44.9. The molecule has 0 spiro atoms. The lowest BCUT2D eigenvalue weighted by atomic mass is 10.1. The largest absolute Gasteiger partial charge is 0.449 e. The second-order valence-corrected chi connectivity index (χ2v) is 4.34. The molecule has 22 heavy (non-hydrogen) atoms. The second-order valence-electron chi connectivity index (χ2n) is 4.34. The Labute approximate surface area is 125 Å². The molecule has 118 valence electrons. The third-order valence-electron chi connectivity index (χ3n) is 2.77. The van der Waals surface area contributed by atoms with E-state index < -0.39 is 34.6 Å². The van der Waals surface area contributed by atoms with Gasteiger partial charge in [0.15, 0.2) is 6.10 Å². The predicted octanol–water partition coefficient (Wildman–Crippen LogP) is 0.904. The molecule has 0 radical (unpaired) electrons. The van der Waals surface area contributed by atoms with Crippen LogP contribution in [0.25, 0.3) is 0 Å². The van der Waals surface area contributed by atoms with Crippen molar-refractivity contribution in [1.82, 2.24) is 10.6 Å². The Kier molecular flexibility index (Phi) is 5.56. The Balaban J connectivity index is 2.92. The van der Waals surface area contributed by atoms with Gasteiger partial charge < -0.3 is 10.1 Å². The number of amides is 3. The highest BCUT2D eigenvalue weighted by molar-refractivity contribution is 6.00. The molecule has 0 heterocycles. The van der Waals surface area contributed by atoms with Crippen molar-refractivity contribution in [2.75, 3.05) is 7.05 Å². The van der Waals surface area contributed by atoms with Gasteiger partial charge in [0, 0.05) is 13.1 Å². The number of aryl methyl sites for hydroxylation is 1. The Morgan fingerprint density at radius 1 is 1.32 bits per heavy atom. The predicted molar refractivity (Wildman–Crippen MR) is 75.3 cm³/mol. The van der Waals surface area contributed by atoms with E-state index in [1.165, 1.54) is 39.1 Å². The summed E-state index contributed by atoms with van der Waals surface area (Å²) in [6, 6.07) is 3.36. The monoisotopic (exact) mass is 309 g/mol. The first-order chi connectivity index (χ1) is 10.3. The molecule has 0 fully saturated rings. The van der Waals surface area contributed by atoms with Crippen molar-refractivity contribution < 1.29 is 24.0 Å². The normalized spacial score (nSPS) is 11.2. The van der Waals surface area contributed by atoms with Crippen molar-refractivity contribution in [3.05, 3.63) is 39.4 Å². The van der Waals surface area contributed by atoms with Gasteiger partial charge in [0.2, 0.25) is 0 Å². The van der Waals surface area contributed by atoms with Crippen LogP contribution >= 0.6 is 0 Å². The van der Waals surface area contributed by atoms with Gasteiger partial charge in [0.25, 0.3) is 11.6 Å². The summed E-state index contributed by atoms with van der Waals surface area (Å²) in [6.45, 7) is 2.76. The molecule has 1 unspecified atom stereocenters. The topological polar surface area (TPSA) is 128 Å². The zero-order chi connectivity index (χ0) is 16.9. The van der Waals surface area contributed by atoms with Crippen LogP contribution < -0.4 is 10.6 Å². The standard InChI is InChI=1S/C13H15N3O6/c1-7-5-4-6-9(16(20)21)10(7)12(18)22-8(2)11(17)15-13(19)14-3/h4-6,8H,1-3H3,(H2,14,15,17,19). The summed E-state index contributed by atoms with van der Waals surface area (Å²) in [5.41, 5.74) is -0.297. The number of nitro groups is 1. The average molecular weight is 309 g/mol. The fraction of sp³-hybridized carbons (Fsp3) is 0.308. The number of imide groups is 1. The molecule has 0 aliphatic heterocycles. The molecule has 0 aliphatic rings. The fourth-order valence-electron chi connectivity index (χ4n) is 1.62. The molecule has 0 bridgehead atoms. The van der Waals surface area contributed by atoms with Crippen LogP contribution in [0.1, 0.15) is 22.8 Å². The van der Waals surface area contributed by atoms with Gasteiger partial charge in [0.05, 0.1) is 4.92 Å². The molecular weight excluding hydrogens is 294 g/mol. The quantitative estimate of drug-likeness (QED) is 0.483. The number of esters is 1. The number of urea groups is 1. The van der Waals surface area contributed by atoms with Crippen LogP contribution in [0.2, 0.25) is 0 Å². The van der Waals surface area contributed by atoms with E-state index >= 15 is 0 Å². The van der Waals surface area contributed by atoms with Crippen molar-refractivity contribution in [2.45, 2.75) is 20.0 Å². The van der Waals surface area contributed by atoms with Crippen molar-refractivity contribution >= 4 is 23.6 Å². The summed E-state index contributed by atoms with van der Waals surface area (Å²) in [5, 5.41) is 15.1. The molecule has 2 N–H and O–H groups in total. The highest BCUT2D eigenvalue weighted by Gasteiger charge is 2.27. The summed E-state index contributed by atoms with van der Waals surface area (Å²) in [6.07, 6.45) is -1.29. The number of nitrogens with one attached hydrogen (secondary N) is 2. The zero-order valence-corrected chi connectivity index (χ0v) is 12.2. The first kappa shape index (κ1) is 17.1. The second kappa shape index (κ2) is 7.16. The minimum absolute atomic E-state index is 0.230. The first-order valence-electron chi connectivity index (χ1n) is 6.25. The van der Waals surface area contributed by atoms with Crippen molar-refractivity contribution in [1.29, 1.82) is 0 Å². The van der Waals surface area contributed by atoms with Crippen LogP contribution in [0.15, 0.2) is 18.2 Å². The van der Waals surface area contributed by atoms with E-state index in [4.69, 9.17) is 4.74 Å². The number of carbonyl (C=O) groups excluding carboxylic acids is 3. The van der Waals surface area contributed by atoms with Gasteiger partial charge >= 0.3 is 12.0 Å². The number of nitrogens with zero attached hydrogens (tertiary/aromatic N) is 1. The minimum Gasteiger partial charge on any atom is -0.449 e. The van der Waals surface area contributed by atoms with E-state index in [1.54, 1.807) is 0 Å². The average Bonchev–Trinajstić information content (AvgIpc) is 2.46. The maximum Gasteiger partial charge on any atom is 0.346 e. The molecule has 0 saturated heterocycles. The van der Waals surface area contributed by atoms with E-state index in [-0.39, 0.29) is 5.56 Å². The van der Waals surface area contributed by atoms with Gasteiger partial charge in [-0.15, -0.1) is 0 Å². The Morgan fingerprint density at radius 3 is 2.50 bits per heavy atom. The molecule has 0 aromatic heterocycles. The van der Waals surface area contributed by atoms with E-state index in [2.05, 4.69) is 5.32 Å². The molecule has 1 aromatic rings. The molecule has 9 nitrogen and oxygen atoms in total. The molecule has 0 aliphatic carbocycles. The Hall–Kier alpha value is -2.97. The van der Waals surface area contributed by atoms with Crippen molar-refractivity contribution in [3.8, 4) is 0 Å². The number of carbonyl (C=O) groups is 3. The van der Waals surface area contributed by atoms with Crippen molar-refractivity contribution in [2.24, 2.45) is 0 Å². The maximum atomic E-state index is 12.1. The highest BCUT2D eigenvalue weighted by Crippen LogP contribution is 2.23. The molecule has 1 aromatic carbocycles. The molecule has 1 atom stereocenters. The van der Waals surface area contributed by atoms with Crippen LogP contribution in [-0.4, -0.2) is 36.0 Å². The Bertz CT molecular complexity index is 628. The lowest BCUT2D eigenvalue weighted by molar-refractivity contribution is -0.385. The molecule has 3 amide bonds. The lowest BCUT2D eigenvalue weighted by Gasteiger charge is -2.13. The van der Waals surface area contributed by atoms with E-state index in [0.29, 0.717) is 5.56 Å². The van der Waals surface area contributed by atoms with Crippen LogP contribution in [0.3, 0.4) is 0 Å². The fourth-order valence-corrected chi connectivity index (χ4v) is 1.62. The van der Waals surface area contributed by atoms with Crippen LogP contribution in [-0.2, 0) is 9.53 Å². The number of rotatable bonds is 4. The summed E-state index contributed by atoms with van der Waals surface area (Å²) in [5.74, 6) is -1.85. The van der Waals surface area contributed by atoms with Gasteiger partial charge in [-0.05, 0) is 19.4 Å². The molecule has 0 saturated carbocycles. The maximum absolute atomic E-state index is 12.1. The number of hydrogen-bond acceptors (Lipinski definition) is 6. The van der Waals surface area contributed by atoms with Crippen molar-refractivity contribution in [3.63, 3.8) is 0 Å². The first-order valence-corrected chi connectivity index (χ1v) is 6.25. The molecule has 9 heteroatoms. The number of nitro benzene ring substituents is 1. The van der Waals surface area contributed by atoms with Crippen LogP contribution in [0, 0.1) is 17.0 Å². The smallest absolute Gasteiger partial charge is 0.346 e. The van der Waals surface area contributed by atoms with E-state index in [0.717, 1.165) is 0 Å². The van der Waals surface area contributed by atoms with E-state index in [1.807, 2.05) is 5.32 Å². The van der Waals surface area contributed by atoms with Gasteiger partial charge in [-0.1, -0.05) is 12.1 Å².